The number of nitrogens with zero attached hydrogens (tertiary/aromatic N) is 2. The lowest BCUT2D eigenvalue weighted by Crippen LogP contribution is -2.30. The number of hydrogen-bond donors (Lipinski definition) is 0. The number of benzene rings is 1. The molecule has 16 heavy (non-hydrogen) atoms. The Hall–Kier alpha value is -1.75. The van der Waals surface area contributed by atoms with Crippen LogP contribution in [0.15, 0.2) is 24.3 Å². The molecule has 0 spiro atoms. The number of amides is 2. The lowest BCUT2D eigenvalue weighted by molar-refractivity contribution is -0.0698. The first kappa shape index (κ1) is 10.8. The van der Waals surface area contributed by atoms with Gasteiger partial charge in [0, 0.05) is 12.2 Å². The first-order valence-corrected chi connectivity index (χ1v) is 5.03. The van der Waals surface area contributed by atoms with Crippen LogP contribution in [-0.2, 0) is 4.84 Å². The number of urea groups is 1. The third-order valence-corrected chi connectivity index (χ3v) is 2.58. The zero-order valence-electron chi connectivity index (χ0n) is 9.34. The quantitative estimate of drug-likeness (QED) is 0.778. The minimum absolute atomic E-state index is 0.132. The van der Waals surface area contributed by atoms with Gasteiger partial charge in [-0.3, -0.25) is 9.74 Å². The van der Waals surface area contributed by atoms with Crippen molar-refractivity contribution in [3.05, 3.63) is 24.3 Å². The molecule has 1 heterocycles. The van der Waals surface area contributed by atoms with E-state index in [1.54, 1.807) is 12.0 Å². The smallest absolute Gasteiger partial charge is 0.348 e. The number of methoxy groups -OCH3 is 1. The summed E-state index contributed by atoms with van der Waals surface area (Å²) in [7, 11) is 3.11. The van der Waals surface area contributed by atoms with Crippen LogP contribution in [0.3, 0.4) is 0 Å². The lowest BCUT2D eigenvalue weighted by atomic mass is 10.3. The Kier molecular flexibility index (Phi) is 2.96. The molecular weight excluding hydrogens is 208 g/mol. The van der Waals surface area contributed by atoms with Crippen LogP contribution >= 0.6 is 0 Å². The highest BCUT2D eigenvalue weighted by Crippen LogP contribution is 2.22. The number of carbonyl (C=O) groups excluding carboxylic acids is 1. The third kappa shape index (κ3) is 1.81. The monoisotopic (exact) mass is 222 g/mol. The van der Waals surface area contributed by atoms with E-state index < -0.39 is 0 Å². The lowest BCUT2D eigenvalue weighted by Gasteiger charge is -2.16. The molecular formula is C11H14N2O3. The second-order valence-corrected chi connectivity index (χ2v) is 3.42. The predicted octanol–water partition coefficient (Wildman–Crippen LogP) is 1.50. The van der Waals surface area contributed by atoms with E-state index in [-0.39, 0.29) is 6.03 Å². The average molecular weight is 222 g/mol. The molecule has 1 aliphatic heterocycles. The van der Waals surface area contributed by atoms with Crippen LogP contribution in [0.4, 0.5) is 10.5 Å². The molecule has 5 nitrogen and oxygen atoms in total. The largest absolute Gasteiger partial charge is 0.497 e. The van der Waals surface area contributed by atoms with Crippen molar-refractivity contribution in [3.8, 4) is 5.75 Å². The fourth-order valence-corrected chi connectivity index (χ4v) is 1.69. The molecule has 1 fully saturated rings. The fourth-order valence-electron chi connectivity index (χ4n) is 1.69. The maximum atomic E-state index is 11.8. The number of hydrogen-bond acceptors (Lipinski definition) is 3. The molecule has 1 saturated heterocycles. The topological polar surface area (TPSA) is 42.0 Å². The molecule has 0 N–H and O–H groups in total. The standard InChI is InChI=1S/C11H14N2O3/c1-15-10-5-3-9(4-6-10)12-7-8-13(16-2)11(12)14/h3-6H,7-8H2,1-2H3. The van der Waals surface area contributed by atoms with Crippen LogP contribution in [0.2, 0.25) is 0 Å². The van der Waals surface area contributed by atoms with Crippen LogP contribution in [0, 0.1) is 0 Å². The number of anilines is 1. The van der Waals surface area contributed by atoms with E-state index in [1.807, 2.05) is 24.3 Å². The maximum Gasteiger partial charge on any atom is 0.348 e. The SMILES string of the molecule is COc1ccc(N2CCN(OC)C2=O)cc1. The van der Waals surface area contributed by atoms with Crippen molar-refractivity contribution in [2.75, 3.05) is 32.2 Å². The number of ether oxygens (including phenoxy) is 1. The molecule has 5 heteroatoms. The van der Waals surface area contributed by atoms with Gasteiger partial charge in [-0.1, -0.05) is 0 Å². The Labute approximate surface area is 94.1 Å². The van der Waals surface area contributed by atoms with Gasteiger partial charge >= 0.3 is 6.03 Å². The zero-order valence-corrected chi connectivity index (χ0v) is 9.34. The minimum Gasteiger partial charge on any atom is -0.497 e. The fraction of sp³-hybridized carbons (Fsp3) is 0.364. The second kappa shape index (κ2) is 4.40. The number of carbonyl (C=O) groups is 1. The van der Waals surface area contributed by atoms with Gasteiger partial charge in [0.25, 0.3) is 0 Å². The van der Waals surface area contributed by atoms with Crippen LogP contribution < -0.4 is 9.64 Å². The second-order valence-electron chi connectivity index (χ2n) is 3.42. The number of rotatable bonds is 3. The first-order chi connectivity index (χ1) is 7.76. The average Bonchev–Trinajstić information content (AvgIpc) is 2.70. The summed E-state index contributed by atoms with van der Waals surface area (Å²) in [6.07, 6.45) is 0. The highest BCUT2D eigenvalue weighted by atomic mass is 16.7. The summed E-state index contributed by atoms with van der Waals surface area (Å²) in [5, 5.41) is 1.34. The Balaban J connectivity index is 2.16. The van der Waals surface area contributed by atoms with Crippen molar-refractivity contribution in [2.24, 2.45) is 0 Å². The first-order valence-electron chi connectivity index (χ1n) is 5.03. The van der Waals surface area contributed by atoms with E-state index in [0.717, 1.165) is 11.4 Å². The van der Waals surface area contributed by atoms with Gasteiger partial charge < -0.3 is 4.74 Å². The van der Waals surface area contributed by atoms with Gasteiger partial charge in [-0.15, -0.1) is 0 Å². The van der Waals surface area contributed by atoms with E-state index in [4.69, 9.17) is 9.57 Å². The van der Waals surface area contributed by atoms with Crippen LogP contribution in [-0.4, -0.2) is 38.4 Å². The molecule has 0 radical (unpaired) electrons. The Morgan fingerprint density at radius 2 is 1.81 bits per heavy atom. The molecule has 1 aliphatic rings. The molecule has 1 aromatic rings. The molecule has 2 amide bonds. The molecule has 0 atom stereocenters. The molecule has 0 saturated carbocycles. The summed E-state index contributed by atoms with van der Waals surface area (Å²) in [5.74, 6) is 0.777. The summed E-state index contributed by atoms with van der Waals surface area (Å²) in [4.78, 5) is 18.4. The summed E-state index contributed by atoms with van der Waals surface area (Å²) >= 11 is 0. The van der Waals surface area contributed by atoms with Crippen molar-refractivity contribution < 1.29 is 14.4 Å². The predicted molar refractivity (Wildman–Crippen MR) is 59.5 cm³/mol. The highest BCUT2D eigenvalue weighted by Gasteiger charge is 2.29. The Morgan fingerprint density at radius 1 is 1.12 bits per heavy atom. The Morgan fingerprint density at radius 3 is 2.31 bits per heavy atom. The van der Waals surface area contributed by atoms with Gasteiger partial charge in [-0.2, -0.15) is 0 Å². The van der Waals surface area contributed by atoms with Crippen LogP contribution in [0.1, 0.15) is 0 Å². The molecule has 2 rings (SSSR count). The summed E-state index contributed by atoms with van der Waals surface area (Å²) in [6.45, 7) is 1.22. The molecule has 0 aromatic heterocycles. The molecule has 0 unspecified atom stereocenters. The maximum absolute atomic E-state index is 11.8. The zero-order chi connectivity index (χ0) is 11.5. The van der Waals surface area contributed by atoms with Crippen molar-refractivity contribution in [3.63, 3.8) is 0 Å². The molecule has 86 valence electrons. The molecule has 1 aromatic carbocycles. The van der Waals surface area contributed by atoms with E-state index >= 15 is 0 Å². The van der Waals surface area contributed by atoms with E-state index in [1.165, 1.54) is 12.2 Å². The van der Waals surface area contributed by atoms with Crippen LogP contribution in [0.25, 0.3) is 0 Å². The minimum atomic E-state index is -0.132. The van der Waals surface area contributed by atoms with Crippen molar-refractivity contribution in [1.29, 1.82) is 0 Å². The van der Waals surface area contributed by atoms with Gasteiger partial charge in [0.05, 0.1) is 20.8 Å². The summed E-state index contributed by atoms with van der Waals surface area (Å²) < 4.78 is 5.06. The molecule has 0 bridgehead atoms. The molecule has 0 aliphatic carbocycles. The van der Waals surface area contributed by atoms with E-state index in [9.17, 15) is 4.79 Å². The van der Waals surface area contributed by atoms with Crippen molar-refractivity contribution in [2.45, 2.75) is 0 Å². The van der Waals surface area contributed by atoms with E-state index in [0.29, 0.717) is 13.1 Å². The van der Waals surface area contributed by atoms with E-state index in [2.05, 4.69) is 0 Å². The van der Waals surface area contributed by atoms with Gasteiger partial charge in [0.2, 0.25) is 0 Å². The normalized spacial score (nSPS) is 15.8. The van der Waals surface area contributed by atoms with Gasteiger partial charge in [0.1, 0.15) is 5.75 Å². The van der Waals surface area contributed by atoms with Gasteiger partial charge in [-0.05, 0) is 24.3 Å². The highest BCUT2D eigenvalue weighted by molar-refractivity contribution is 5.93. The van der Waals surface area contributed by atoms with Crippen LogP contribution in [0.5, 0.6) is 5.75 Å². The van der Waals surface area contributed by atoms with Gasteiger partial charge in [-0.25, -0.2) is 9.86 Å². The summed E-state index contributed by atoms with van der Waals surface area (Å²) in [6, 6.07) is 7.25. The third-order valence-electron chi connectivity index (χ3n) is 2.58. The summed E-state index contributed by atoms with van der Waals surface area (Å²) in [5.41, 5.74) is 0.852. The van der Waals surface area contributed by atoms with Crippen molar-refractivity contribution >= 4 is 11.7 Å². The Bertz CT molecular complexity index is 377. The van der Waals surface area contributed by atoms with Crippen molar-refractivity contribution in [1.82, 2.24) is 5.06 Å². The van der Waals surface area contributed by atoms with Gasteiger partial charge in [0.15, 0.2) is 0 Å². The number of hydroxylamine groups is 2.